The highest BCUT2D eigenvalue weighted by molar-refractivity contribution is 6.03. The van der Waals surface area contributed by atoms with Crippen LogP contribution in [0.25, 0.3) is 0 Å². The van der Waals surface area contributed by atoms with Crippen molar-refractivity contribution < 1.29 is 9.18 Å². The molecule has 116 valence electrons. The molecule has 0 saturated heterocycles. The quantitative estimate of drug-likeness (QED) is 0.859. The Balaban J connectivity index is 2.02. The van der Waals surface area contributed by atoms with E-state index in [9.17, 15) is 9.18 Å². The molecule has 0 unspecified atom stereocenters. The van der Waals surface area contributed by atoms with Crippen molar-refractivity contribution in [2.75, 3.05) is 17.2 Å². The van der Waals surface area contributed by atoms with Crippen molar-refractivity contribution >= 4 is 17.5 Å². The summed E-state index contributed by atoms with van der Waals surface area (Å²) in [6.07, 6.45) is 2.48. The van der Waals surface area contributed by atoms with Crippen molar-refractivity contribution in [3.8, 4) is 0 Å². The number of hydrogen-bond acceptors (Lipinski definition) is 4. The summed E-state index contributed by atoms with van der Waals surface area (Å²) >= 11 is 0. The zero-order chi connectivity index (χ0) is 15.9. The van der Waals surface area contributed by atoms with Gasteiger partial charge in [0, 0.05) is 12.7 Å². The Labute approximate surface area is 129 Å². The van der Waals surface area contributed by atoms with E-state index in [0.29, 0.717) is 11.9 Å². The van der Waals surface area contributed by atoms with E-state index in [1.165, 1.54) is 24.4 Å². The molecule has 0 spiro atoms. The number of carbonyl (C=O) groups is 1. The number of hydrogen-bond donors (Lipinski definition) is 2. The molecule has 2 rings (SSSR count). The van der Waals surface area contributed by atoms with Gasteiger partial charge >= 0.3 is 0 Å². The molecular formula is C16H19FN4O. The van der Waals surface area contributed by atoms with E-state index in [2.05, 4.69) is 34.4 Å². The Morgan fingerprint density at radius 1 is 1.27 bits per heavy atom. The highest BCUT2D eigenvalue weighted by atomic mass is 19.1. The van der Waals surface area contributed by atoms with Crippen molar-refractivity contribution in [2.45, 2.75) is 20.3 Å². The summed E-state index contributed by atoms with van der Waals surface area (Å²) in [4.78, 5) is 20.3. The predicted octanol–water partition coefficient (Wildman–Crippen LogP) is 3.33. The van der Waals surface area contributed by atoms with E-state index in [-0.39, 0.29) is 11.4 Å². The molecule has 2 N–H and O–H groups in total. The van der Waals surface area contributed by atoms with E-state index in [1.54, 1.807) is 12.1 Å². The fourth-order valence-corrected chi connectivity index (χ4v) is 1.79. The summed E-state index contributed by atoms with van der Waals surface area (Å²) in [7, 11) is 0. The molecule has 0 aliphatic rings. The van der Waals surface area contributed by atoms with Crippen molar-refractivity contribution in [1.82, 2.24) is 9.97 Å². The third-order valence-corrected chi connectivity index (χ3v) is 3.02. The maximum atomic E-state index is 13.5. The molecular weight excluding hydrogens is 283 g/mol. The number of nitrogens with zero attached hydrogens (tertiary/aromatic N) is 2. The molecule has 6 heteroatoms. The second-order valence-corrected chi connectivity index (χ2v) is 5.31. The third-order valence-electron chi connectivity index (χ3n) is 3.02. The molecule has 0 bridgehead atoms. The van der Waals surface area contributed by atoms with Gasteiger partial charge in [0.05, 0.1) is 5.69 Å². The first-order valence-corrected chi connectivity index (χ1v) is 7.19. The number of amides is 1. The van der Waals surface area contributed by atoms with Crippen LogP contribution in [0.4, 0.5) is 16.0 Å². The molecule has 1 heterocycles. The van der Waals surface area contributed by atoms with Gasteiger partial charge in [0.25, 0.3) is 5.91 Å². The van der Waals surface area contributed by atoms with E-state index in [4.69, 9.17) is 0 Å². The van der Waals surface area contributed by atoms with Gasteiger partial charge in [-0.1, -0.05) is 26.0 Å². The van der Waals surface area contributed by atoms with Crippen molar-refractivity contribution in [3.05, 3.63) is 48.0 Å². The molecule has 0 saturated carbocycles. The van der Waals surface area contributed by atoms with Gasteiger partial charge in [0.15, 0.2) is 0 Å². The Hall–Kier alpha value is -2.50. The fourth-order valence-electron chi connectivity index (χ4n) is 1.79. The van der Waals surface area contributed by atoms with Crippen molar-refractivity contribution in [1.29, 1.82) is 0 Å². The molecule has 1 amide bonds. The predicted molar refractivity (Wildman–Crippen MR) is 84.3 cm³/mol. The Bertz CT molecular complexity index is 646. The summed E-state index contributed by atoms with van der Waals surface area (Å²) in [5.74, 6) is 0.00136. The summed E-state index contributed by atoms with van der Waals surface area (Å²) in [6, 6.07) is 7.48. The minimum Gasteiger partial charge on any atom is -0.354 e. The molecule has 0 atom stereocenters. The van der Waals surface area contributed by atoms with Crippen LogP contribution in [0.5, 0.6) is 0 Å². The lowest BCUT2D eigenvalue weighted by Crippen LogP contribution is -2.16. The van der Waals surface area contributed by atoms with Crippen LogP contribution >= 0.6 is 0 Å². The van der Waals surface area contributed by atoms with Crippen LogP contribution in [0.1, 0.15) is 30.8 Å². The maximum Gasteiger partial charge on any atom is 0.274 e. The van der Waals surface area contributed by atoms with Crippen LogP contribution in [-0.4, -0.2) is 22.4 Å². The average Bonchev–Trinajstić information content (AvgIpc) is 2.49. The summed E-state index contributed by atoms with van der Waals surface area (Å²) in [5, 5.41) is 5.57. The van der Waals surface area contributed by atoms with Gasteiger partial charge in [0.2, 0.25) is 5.95 Å². The first-order chi connectivity index (χ1) is 10.6. The Morgan fingerprint density at radius 2 is 2.05 bits per heavy atom. The molecule has 0 aliphatic heterocycles. The highest BCUT2D eigenvalue weighted by Gasteiger charge is 2.11. The van der Waals surface area contributed by atoms with Crippen LogP contribution in [-0.2, 0) is 0 Å². The molecule has 0 aliphatic carbocycles. The largest absolute Gasteiger partial charge is 0.354 e. The first kappa shape index (κ1) is 15.9. The van der Waals surface area contributed by atoms with Gasteiger partial charge in [-0.3, -0.25) is 4.79 Å². The molecule has 0 fully saturated rings. The van der Waals surface area contributed by atoms with Gasteiger partial charge < -0.3 is 10.6 Å². The van der Waals surface area contributed by atoms with Gasteiger partial charge in [-0.2, -0.15) is 0 Å². The summed E-state index contributed by atoms with van der Waals surface area (Å²) in [5.41, 5.74) is 0.311. The number of rotatable bonds is 6. The smallest absolute Gasteiger partial charge is 0.274 e. The Morgan fingerprint density at radius 3 is 2.77 bits per heavy atom. The number of para-hydroxylation sites is 1. The monoisotopic (exact) mass is 302 g/mol. The molecule has 1 aromatic heterocycles. The van der Waals surface area contributed by atoms with E-state index < -0.39 is 11.7 Å². The SMILES string of the molecule is CC(C)CCNc1nccc(C(=O)Nc2ccccc2F)n1. The van der Waals surface area contributed by atoms with Gasteiger partial charge in [0.1, 0.15) is 11.5 Å². The normalized spacial score (nSPS) is 10.5. The number of benzene rings is 1. The third kappa shape index (κ3) is 4.51. The number of carbonyl (C=O) groups excluding carboxylic acids is 1. The summed E-state index contributed by atoms with van der Waals surface area (Å²) in [6.45, 7) is 4.98. The topological polar surface area (TPSA) is 66.9 Å². The Kier molecular flexibility index (Phi) is 5.41. The van der Waals surface area contributed by atoms with Gasteiger partial charge in [-0.25, -0.2) is 14.4 Å². The van der Waals surface area contributed by atoms with Crippen molar-refractivity contribution in [3.63, 3.8) is 0 Å². The standard InChI is InChI=1S/C16H19FN4O/c1-11(2)7-9-18-16-19-10-8-14(21-16)15(22)20-13-6-4-3-5-12(13)17/h3-6,8,10-11H,7,9H2,1-2H3,(H,20,22)(H,18,19,21). The van der Waals surface area contributed by atoms with Crippen LogP contribution in [0.3, 0.4) is 0 Å². The van der Waals surface area contributed by atoms with Crippen molar-refractivity contribution in [2.24, 2.45) is 5.92 Å². The second-order valence-electron chi connectivity index (χ2n) is 5.31. The first-order valence-electron chi connectivity index (χ1n) is 7.19. The molecule has 2 aromatic rings. The lowest BCUT2D eigenvalue weighted by Gasteiger charge is -2.08. The molecule has 22 heavy (non-hydrogen) atoms. The van der Waals surface area contributed by atoms with E-state index >= 15 is 0 Å². The number of anilines is 2. The van der Waals surface area contributed by atoms with E-state index in [0.717, 1.165) is 13.0 Å². The zero-order valence-electron chi connectivity index (χ0n) is 12.6. The van der Waals surface area contributed by atoms with Crippen LogP contribution < -0.4 is 10.6 Å². The minimum absolute atomic E-state index is 0.125. The molecule has 1 aromatic carbocycles. The fraction of sp³-hybridized carbons (Fsp3) is 0.312. The average molecular weight is 302 g/mol. The maximum absolute atomic E-state index is 13.5. The van der Waals surface area contributed by atoms with Gasteiger partial charge in [-0.05, 0) is 30.5 Å². The second kappa shape index (κ2) is 7.49. The number of aromatic nitrogens is 2. The van der Waals surface area contributed by atoms with Crippen LogP contribution in [0.2, 0.25) is 0 Å². The van der Waals surface area contributed by atoms with Crippen LogP contribution in [0, 0.1) is 11.7 Å². The number of nitrogens with one attached hydrogen (secondary N) is 2. The lowest BCUT2D eigenvalue weighted by molar-refractivity contribution is 0.102. The molecule has 0 radical (unpaired) electrons. The molecule has 5 nitrogen and oxygen atoms in total. The van der Waals surface area contributed by atoms with E-state index in [1.807, 2.05) is 0 Å². The van der Waals surface area contributed by atoms with Gasteiger partial charge in [-0.15, -0.1) is 0 Å². The minimum atomic E-state index is -0.486. The van der Waals surface area contributed by atoms with Crippen LogP contribution in [0.15, 0.2) is 36.5 Å². The highest BCUT2D eigenvalue weighted by Crippen LogP contribution is 2.13. The zero-order valence-corrected chi connectivity index (χ0v) is 12.6. The summed E-state index contributed by atoms with van der Waals surface area (Å²) < 4.78 is 13.5. The lowest BCUT2D eigenvalue weighted by atomic mass is 10.1. The number of halogens is 1.